The summed E-state index contributed by atoms with van der Waals surface area (Å²) in [5.74, 6) is 0. The van der Waals surface area contributed by atoms with E-state index in [1.54, 1.807) is 0 Å². The molecule has 1 heterocycles. The van der Waals surface area contributed by atoms with Crippen LogP contribution in [0.4, 0.5) is 0 Å². The monoisotopic (exact) mass is 352 g/mol. The van der Waals surface area contributed by atoms with Gasteiger partial charge in [-0.15, -0.1) is 6.58 Å². The number of aliphatic hydroxyl groups excluding tert-OH is 2. The van der Waals surface area contributed by atoms with Gasteiger partial charge in [0.2, 0.25) is 0 Å². The lowest BCUT2D eigenvalue weighted by molar-refractivity contribution is -0.0873. The molecule has 2 N–H and O–H groups in total. The minimum absolute atomic E-state index is 0.295. The number of benzene rings is 2. The van der Waals surface area contributed by atoms with E-state index in [9.17, 15) is 10.2 Å². The van der Waals surface area contributed by atoms with Crippen LogP contribution >= 0.6 is 0 Å². The lowest BCUT2D eigenvalue weighted by Crippen LogP contribution is -2.61. The summed E-state index contributed by atoms with van der Waals surface area (Å²) in [6.45, 7) is 6.91. The first-order valence-electron chi connectivity index (χ1n) is 9.18. The Kier molecular flexibility index (Phi) is 6.58. The van der Waals surface area contributed by atoms with Gasteiger partial charge in [0, 0.05) is 32.7 Å². The summed E-state index contributed by atoms with van der Waals surface area (Å²) in [5, 5.41) is 21.6. The standard InChI is InChI=1S/C22H28N2O2/c1-2-13-23-16-20(25)22(21(26)17-23)24(14-18-9-5-3-6-10-18)15-19-11-7-4-8-12-19/h2-12,20-22,25-26H,1,13-17H2/t20-,21-/m1/s1. The fourth-order valence-corrected chi connectivity index (χ4v) is 3.80. The van der Waals surface area contributed by atoms with Gasteiger partial charge in [0.1, 0.15) is 0 Å². The molecule has 2 aromatic carbocycles. The van der Waals surface area contributed by atoms with E-state index >= 15 is 0 Å². The number of likely N-dealkylation sites (tertiary alicyclic amines) is 1. The molecule has 2 aromatic rings. The summed E-state index contributed by atoms with van der Waals surface area (Å²) in [6, 6.07) is 20.2. The highest BCUT2D eigenvalue weighted by atomic mass is 16.3. The Labute approximate surface area is 156 Å². The molecule has 0 saturated carbocycles. The molecule has 0 radical (unpaired) electrons. The van der Waals surface area contributed by atoms with Gasteiger partial charge in [-0.05, 0) is 11.1 Å². The minimum Gasteiger partial charge on any atom is -0.390 e. The molecule has 0 spiro atoms. The average molecular weight is 352 g/mol. The molecule has 26 heavy (non-hydrogen) atoms. The van der Waals surface area contributed by atoms with Gasteiger partial charge < -0.3 is 10.2 Å². The number of rotatable bonds is 7. The molecule has 4 heteroatoms. The van der Waals surface area contributed by atoms with Crippen LogP contribution in [0.2, 0.25) is 0 Å². The molecule has 1 fully saturated rings. The molecule has 2 atom stereocenters. The fraction of sp³-hybridized carbons (Fsp3) is 0.364. The molecule has 138 valence electrons. The normalized spacial score (nSPS) is 21.8. The van der Waals surface area contributed by atoms with Crippen molar-refractivity contribution in [2.45, 2.75) is 31.3 Å². The van der Waals surface area contributed by atoms with Gasteiger partial charge in [0.25, 0.3) is 0 Å². The van der Waals surface area contributed by atoms with Crippen LogP contribution in [0.1, 0.15) is 11.1 Å². The quantitative estimate of drug-likeness (QED) is 0.751. The van der Waals surface area contributed by atoms with Crippen LogP contribution in [0.25, 0.3) is 0 Å². The van der Waals surface area contributed by atoms with Gasteiger partial charge in [-0.3, -0.25) is 9.80 Å². The van der Waals surface area contributed by atoms with Crippen LogP contribution in [-0.4, -0.2) is 57.9 Å². The Morgan fingerprint density at radius 3 is 1.77 bits per heavy atom. The summed E-state index contributed by atoms with van der Waals surface area (Å²) < 4.78 is 0. The van der Waals surface area contributed by atoms with E-state index in [1.807, 2.05) is 47.4 Å². The van der Waals surface area contributed by atoms with Gasteiger partial charge >= 0.3 is 0 Å². The highest BCUT2D eigenvalue weighted by Crippen LogP contribution is 2.22. The van der Waals surface area contributed by atoms with Crippen molar-refractivity contribution in [3.8, 4) is 0 Å². The number of nitrogens with zero attached hydrogens (tertiary/aromatic N) is 2. The van der Waals surface area contributed by atoms with Crippen molar-refractivity contribution in [2.24, 2.45) is 0 Å². The lowest BCUT2D eigenvalue weighted by Gasteiger charge is -2.44. The summed E-state index contributed by atoms with van der Waals surface area (Å²) in [6.07, 6.45) is 0.600. The second kappa shape index (κ2) is 9.10. The Morgan fingerprint density at radius 1 is 0.885 bits per heavy atom. The van der Waals surface area contributed by atoms with E-state index in [2.05, 4.69) is 35.7 Å². The molecule has 0 aliphatic carbocycles. The molecule has 1 aliphatic heterocycles. The summed E-state index contributed by atoms with van der Waals surface area (Å²) in [5.41, 5.74) is 2.35. The van der Waals surface area contributed by atoms with Crippen LogP contribution in [0.15, 0.2) is 73.3 Å². The number of hydrogen-bond donors (Lipinski definition) is 2. The second-order valence-corrected chi connectivity index (χ2v) is 7.01. The zero-order valence-corrected chi connectivity index (χ0v) is 15.1. The van der Waals surface area contributed by atoms with Crippen LogP contribution in [0, 0.1) is 0 Å². The van der Waals surface area contributed by atoms with Crippen molar-refractivity contribution in [1.82, 2.24) is 9.80 Å². The van der Waals surface area contributed by atoms with E-state index in [1.165, 1.54) is 11.1 Å². The molecule has 4 nitrogen and oxygen atoms in total. The third-order valence-corrected chi connectivity index (χ3v) is 4.94. The van der Waals surface area contributed by atoms with E-state index in [0.717, 1.165) is 0 Å². The average Bonchev–Trinajstić information content (AvgIpc) is 2.63. The maximum Gasteiger partial charge on any atom is 0.0848 e. The zero-order valence-electron chi connectivity index (χ0n) is 15.1. The third kappa shape index (κ3) is 4.80. The lowest BCUT2D eigenvalue weighted by atomic mass is 9.95. The first kappa shape index (κ1) is 18.8. The summed E-state index contributed by atoms with van der Waals surface area (Å²) >= 11 is 0. The minimum atomic E-state index is -0.605. The molecule has 3 rings (SSSR count). The molecule has 1 aliphatic rings. The van der Waals surface area contributed by atoms with Gasteiger partial charge in [-0.1, -0.05) is 66.7 Å². The summed E-state index contributed by atoms with van der Waals surface area (Å²) in [4.78, 5) is 4.24. The van der Waals surface area contributed by atoms with Crippen molar-refractivity contribution in [3.05, 3.63) is 84.4 Å². The van der Waals surface area contributed by atoms with E-state index in [4.69, 9.17) is 0 Å². The van der Waals surface area contributed by atoms with E-state index in [-0.39, 0.29) is 6.04 Å². The van der Waals surface area contributed by atoms with E-state index in [0.29, 0.717) is 32.7 Å². The van der Waals surface area contributed by atoms with Crippen molar-refractivity contribution < 1.29 is 10.2 Å². The maximum absolute atomic E-state index is 10.8. The highest BCUT2D eigenvalue weighted by molar-refractivity contribution is 5.18. The molecule has 1 saturated heterocycles. The predicted molar refractivity (Wildman–Crippen MR) is 105 cm³/mol. The van der Waals surface area contributed by atoms with Crippen molar-refractivity contribution in [1.29, 1.82) is 0 Å². The highest BCUT2D eigenvalue weighted by Gasteiger charge is 2.38. The largest absolute Gasteiger partial charge is 0.390 e. The number of piperidine rings is 1. The Morgan fingerprint density at radius 2 is 1.35 bits per heavy atom. The Balaban J connectivity index is 1.81. The Bertz CT molecular complexity index is 624. The summed E-state index contributed by atoms with van der Waals surface area (Å²) in [7, 11) is 0. The van der Waals surface area contributed by atoms with Crippen LogP contribution < -0.4 is 0 Å². The predicted octanol–water partition coefficient (Wildman–Crippen LogP) is 2.28. The molecule has 0 unspecified atom stereocenters. The molecular formula is C22H28N2O2. The van der Waals surface area contributed by atoms with Crippen LogP contribution in [0.3, 0.4) is 0 Å². The second-order valence-electron chi connectivity index (χ2n) is 7.01. The maximum atomic E-state index is 10.8. The van der Waals surface area contributed by atoms with Gasteiger partial charge in [0.05, 0.1) is 18.2 Å². The number of hydrogen-bond acceptors (Lipinski definition) is 4. The van der Waals surface area contributed by atoms with Crippen molar-refractivity contribution in [3.63, 3.8) is 0 Å². The molecule has 0 amide bonds. The van der Waals surface area contributed by atoms with E-state index < -0.39 is 12.2 Å². The SMILES string of the molecule is C=CCN1C[C@@H](O)C(N(Cc2ccccc2)Cc2ccccc2)[C@H](O)C1. The number of β-amino-alcohol motifs (C(OH)–C–C–N with tert-alkyl or cyclic N) is 2. The van der Waals surface area contributed by atoms with Crippen LogP contribution in [-0.2, 0) is 13.1 Å². The fourth-order valence-electron chi connectivity index (χ4n) is 3.80. The van der Waals surface area contributed by atoms with Crippen molar-refractivity contribution in [2.75, 3.05) is 19.6 Å². The zero-order chi connectivity index (χ0) is 18.4. The van der Waals surface area contributed by atoms with Crippen molar-refractivity contribution >= 4 is 0 Å². The van der Waals surface area contributed by atoms with Gasteiger partial charge in [-0.25, -0.2) is 0 Å². The topological polar surface area (TPSA) is 46.9 Å². The first-order valence-corrected chi connectivity index (χ1v) is 9.18. The molecule has 0 aromatic heterocycles. The smallest absolute Gasteiger partial charge is 0.0848 e. The van der Waals surface area contributed by atoms with Gasteiger partial charge in [-0.2, -0.15) is 0 Å². The molecule has 0 bridgehead atoms. The molecular weight excluding hydrogens is 324 g/mol. The Hall–Kier alpha value is -1.98. The van der Waals surface area contributed by atoms with Crippen LogP contribution in [0.5, 0.6) is 0 Å². The number of aliphatic hydroxyl groups is 2. The van der Waals surface area contributed by atoms with Gasteiger partial charge in [0.15, 0.2) is 0 Å². The third-order valence-electron chi connectivity index (χ3n) is 4.94. The first-order chi connectivity index (χ1) is 12.7.